The highest BCUT2D eigenvalue weighted by Crippen LogP contribution is 2.30. The van der Waals surface area contributed by atoms with Gasteiger partial charge in [0.1, 0.15) is 5.82 Å². The fourth-order valence-electron chi connectivity index (χ4n) is 3.82. The molecule has 0 aliphatic carbocycles. The summed E-state index contributed by atoms with van der Waals surface area (Å²) < 4.78 is 10.5. The number of methoxy groups -OCH3 is 1. The van der Waals surface area contributed by atoms with Gasteiger partial charge >= 0.3 is 6.01 Å². The molecule has 8 nitrogen and oxygen atoms in total. The lowest BCUT2D eigenvalue weighted by molar-refractivity contribution is 0.122. The zero-order valence-electron chi connectivity index (χ0n) is 17.4. The van der Waals surface area contributed by atoms with Crippen molar-refractivity contribution in [1.82, 2.24) is 15.0 Å². The summed E-state index contributed by atoms with van der Waals surface area (Å²) >= 11 is 0. The molecule has 0 amide bonds. The second-order valence-electron chi connectivity index (χ2n) is 7.45. The van der Waals surface area contributed by atoms with Crippen molar-refractivity contribution in [2.45, 2.75) is 13.0 Å². The predicted octanol–water partition coefficient (Wildman–Crippen LogP) is 3.25. The maximum Gasteiger partial charge on any atom is 0.316 e. The van der Waals surface area contributed by atoms with E-state index in [1.165, 1.54) is 11.3 Å². The van der Waals surface area contributed by atoms with Gasteiger partial charge in [-0.3, -0.25) is 4.99 Å². The van der Waals surface area contributed by atoms with Crippen molar-refractivity contribution in [3.05, 3.63) is 53.9 Å². The number of fused-ring (bicyclic) bond motifs is 1. The van der Waals surface area contributed by atoms with Crippen LogP contribution in [0.5, 0.6) is 6.01 Å². The van der Waals surface area contributed by atoms with Gasteiger partial charge in [-0.15, -0.1) is 0 Å². The average molecular weight is 416 g/mol. The zero-order chi connectivity index (χ0) is 21.0. The summed E-state index contributed by atoms with van der Waals surface area (Å²) in [5.74, 6) is 0.819. The van der Waals surface area contributed by atoms with Crippen LogP contribution in [0.4, 0.5) is 17.2 Å². The van der Waals surface area contributed by atoms with Gasteiger partial charge < -0.3 is 19.7 Å². The van der Waals surface area contributed by atoms with E-state index in [-0.39, 0.29) is 0 Å². The van der Waals surface area contributed by atoms with E-state index >= 15 is 0 Å². The zero-order valence-corrected chi connectivity index (χ0v) is 17.4. The molecule has 1 aromatic carbocycles. The normalized spacial score (nSPS) is 15.5. The molecule has 31 heavy (non-hydrogen) atoms. The van der Waals surface area contributed by atoms with Gasteiger partial charge in [0.15, 0.2) is 0 Å². The molecule has 2 aromatic heterocycles. The fraction of sp³-hybridized carbons (Fsp3) is 0.304. The number of hydrogen-bond acceptors (Lipinski definition) is 8. The third kappa shape index (κ3) is 4.20. The second kappa shape index (κ2) is 8.69. The first-order valence-electron chi connectivity index (χ1n) is 10.4. The van der Waals surface area contributed by atoms with Crippen molar-refractivity contribution in [1.29, 1.82) is 0 Å². The highest BCUT2D eigenvalue weighted by molar-refractivity contribution is 5.74. The van der Waals surface area contributed by atoms with Crippen LogP contribution in [0.2, 0.25) is 0 Å². The molecule has 0 radical (unpaired) electrons. The van der Waals surface area contributed by atoms with E-state index in [2.05, 4.69) is 55.5 Å². The number of aliphatic imine (C=N–C) groups is 1. The Morgan fingerprint density at radius 1 is 1.06 bits per heavy atom. The highest BCUT2D eigenvalue weighted by atomic mass is 16.5. The van der Waals surface area contributed by atoms with Gasteiger partial charge in [0, 0.05) is 60.6 Å². The topological polar surface area (TPSA) is 84.8 Å². The van der Waals surface area contributed by atoms with Crippen LogP contribution in [-0.2, 0) is 17.7 Å². The quantitative estimate of drug-likeness (QED) is 0.683. The van der Waals surface area contributed by atoms with Gasteiger partial charge in [0.05, 0.1) is 32.6 Å². The minimum atomic E-state index is 0.340. The molecule has 1 fully saturated rings. The summed E-state index contributed by atoms with van der Waals surface area (Å²) in [5.41, 5.74) is 6.20. The van der Waals surface area contributed by atoms with Crippen molar-refractivity contribution in [3.8, 4) is 17.3 Å². The summed E-state index contributed by atoms with van der Waals surface area (Å²) in [6.45, 7) is 4.02. The Bertz CT molecular complexity index is 1080. The number of nitrogens with one attached hydrogen (secondary N) is 1. The van der Waals surface area contributed by atoms with Crippen molar-refractivity contribution in [2.24, 2.45) is 4.99 Å². The molecule has 0 bridgehead atoms. The Hall–Kier alpha value is -3.52. The van der Waals surface area contributed by atoms with Crippen molar-refractivity contribution in [3.63, 3.8) is 0 Å². The lowest BCUT2D eigenvalue weighted by atomic mass is 10.0. The van der Waals surface area contributed by atoms with Gasteiger partial charge in [0.25, 0.3) is 0 Å². The lowest BCUT2D eigenvalue weighted by Gasteiger charge is -2.29. The molecular formula is C23H24N6O2. The fourth-order valence-corrected chi connectivity index (χ4v) is 3.82. The number of hydrogen-bond donors (Lipinski definition) is 1. The SMILES string of the molecule is COc1ncc(-c2cc3c(c(Nc4ccc(N5CCOCC5)cc4)n2)CN=CC3)cn1. The first kappa shape index (κ1) is 19.4. The van der Waals surface area contributed by atoms with Crippen LogP contribution in [0.3, 0.4) is 0 Å². The van der Waals surface area contributed by atoms with Crippen LogP contribution in [0.1, 0.15) is 11.1 Å². The lowest BCUT2D eigenvalue weighted by Crippen LogP contribution is -2.36. The van der Waals surface area contributed by atoms with Gasteiger partial charge in [-0.1, -0.05) is 0 Å². The molecule has 2 aliphatic rings. The molecule has 5 rings (SSSR count). The van der Waals surface area contributed by atoms with Crippen molar-refractivity contribution in [2.75, 3.05) is 43.6 Å². The molecule has 1 N–H and O–H groups in total. The third-order valence-electron chi connectivity index (χ3n) is 5.52. The van der Waals surface area contributed by atoms with E-state index in [4.69, 9.17) is 14.5 Å². The molecule has 0 atom stereocenters. The average Bonchev–Trinajstić information content (AvgIpc) is 2.85. The van der Waals surface area contributed by atoms with E-state index < -0.39 is 0 Å². The van der Waals surface area contributed by atoms with Crippen LogP contribution < -0.4 is 15.0 Å². The molecule has 8 heteroatoms. The number of benzene rings is 1. The summed E-state index contributed by atoms with van der Waals surface area (Å²) in [6, 6.07) is 10.9. The maximum atomic E-state index is 5.45. The van der Waals surface area contributed by atoms with Crippen molar-refractivity contribution < 1.29 is 9.47 Å². The number of rotatable bonds is 5. The van der Waals surface area contributed by atoms with Crippen LogP contribution in [0.15, 0.2) is 47.7 Å². The molecular weight excluding hydrogens is 392 g/mol. The van der Waals surface area contributed by atoms with Gasteiger partial charge in [-0.05, 0) is 35.9 Å². The van der Waals surface area contributed by atoms with Gasteiger partial charge in [-0.25, -0.2) is 15.0 Å². The molecule has 0 spiro atoms. The molecule has 3 aromatic rings. The predicted molar refractivity (Wildman–Crippen MR) is 120 cm³/mol. The van der Waals surface area contributed by atoms with E-state index in [0.29, 0.717) is 12.6 Å². The largest absolute Gasteiger partial charge is 0.467 e. The minimum absolute atomic E-state index is 0.340. The number of pyridine rings is 1. The van der Waals surface area contributed by atoms with E-state index in [1.807, 2.05) is 6.21 Å². The number of morpholine rings is 1. The third-order valence-corrected chi connectivity index (χ3v) is 5.52. The summed E-state index contributed by atoms with van der Waals surface area (Å²) in [7, 11) is 1.55. The first-order chi connectivity index (χ1) is 15.3. The van der Waals surface area contributed by atoms with Gasteiger partial charge in [0.2, 0.25) is 0 Å². The molecule has 0 saturated carbocycles. The van der Waals surface area contributed by atoms with E-state index in [9.17, 15) is 0 Å². The van der Waals surface area contributed by atoms with Crippen molar-refractivity contribution >= 4 is 23.4 Å². The minimum Gasteiger partial charge on any atom is -0.467 e. The van der Waals surface area contributed by atoms with Gasteiger partial charge in [-0.2, -0.15) is 0 Å². The molecule has 2 aliphatic heterocycles. The second-order valence-corrected chi connectivity index (χ2v) is 7.45. The Labute approximate surface area is 181 Å². The smallest absolute Gasteiger partial charge is 0.316 e. The molecule has 0 unspecified atom stereocenters. The maximum absolute atomic E-state index is 5.45. The van der Waals surface area contributed by atoms with Crippen LogP contribution in [0, 0.1) is 0 Å². The van der Waals surface area contributed by atoms with Crippen LogP contribution in [-0.4, -0.2) is 54.6 Å². The first-order valence-corrected chi connectivity index (χ1v) is 10.4. The van der Waals surface area contributed by atoms with Crippen LogP contribution >= 0.6 is 0 Å². The summed E-state index contributed by atoms with van der Waals surface area (Å²) in [4.78, 5) is 20.1. The summed E-state index contributed by atoms with van der Waals surface area (Å²) in [5, 5.41) is 3.50. The molecule has 158 valence electrons. The molecule has 4 heterocycles. The Morgan fingerprint density at radius 3 is 2.58 bits per heavy atom. The Kier molecular flexibility index (Phi) is 5.45. The van der Waals surface area contributed by atoms with Crippen LogP contribution in [0.25, 0.3) is 11.3 Å². The number of anilines is 3. The standard InChI is InChI=1S/C23H24N6O2/c1-30-23-25-13-17(14-26-23)21-12-16-6-7-24-15-20(16)22(28-21)27-18-2-4-19(5-3-18)29-8-10-31-11-9-29/h2-5,7,12-14H,6,8-11,15H2,1H3,(H,27,28). The number of nitrogens with zero attached hydrogens (tertiary/aromatic N) is 5. The summed E-state index contributed by atoms with van der Waals surface area (Å²) in [6.07, 6.45) is 6.21. The Morgan fingerprint density at radius 2 is 1.84 bits per heavy atom. The number of ether oxygens (including phenoxy) is 2. The molecule has 1 saturated heterocycles. The Balaban J connectivity index is 1.43. The van der Waals surface area contributed by atoms with E-state index in [1.54, 1.807) is 19.5 Å². The van der Waals surface area contributed by atoms with E-state index in [0.717, 1.165) is 61.1 Å². The monoisotopic (exact) mass is 416 g/mol. The number of aromatic nitrogens is 3. The highest BCUT2D eigenvalue weighted by Gasteiger charge is 2.17.